The summed E-state index contributed by atoms with van der Waals surface area (Å²) in [5.41, 5.74) is 1.14. The number of rotatable bonds is 9. The third-order valence-corrected chi connectivity index (χ3v) is 8.18. The minimum atomic E-state index is -0.257. The van der Waals surface area contributed by atoms with Crippen LogP contribution in [0.2, 0.25) is 15.1 Å². The zero-order valence-electron chi connectivity index (χ0n) is 19.1. The lowest BCUT2D eigenvalue weighted by Gasteiger charge is -2.38. The van der Waals surface area contributed by atoms with Gasteiger partial charge in [-0.05, 0) is 73.1 Å². The van der Waals surface area contributed by atoms with E-state index in [-0.39, 0.29) is 18.7 Å². The number of benzene rings is 2. The summed E-state index contributed by atoms with van der Waals surface area (Å²) in [5.74, 6) is 1.66. The summed E-state index contributed by atoms with van der Waals surface area (Å²) in [6.07, 6.45) is 3.50. The number of halogens is 3. The van der Waals surface area contributed by atoms with E-state index in [1.165, 1.54) is 0 Å². The molecule has 2 aliphatic rings. The van der Waals surface area contributed by atoms with Crippen molar-refractivity contribution in [1.82, 2.24) is 9.80 Å². The van der Waals surface area contributed by atoms with Crippen LogP contribution in [-0.4, -0.2) is 66.8 Å². The molecule has 1 N–H and O–H groups in total. The molecular weight excluding hydrogens is 495 g/mol. The van der Waals surface area contributed by atoms with Crippen LogP contribution in [0.5, 0.6) is 5.75 Å². The normalized spacial score (nSPS) is 23.2. The second-order valence-electron chi connectivity index (χ2n) is 9.30. The molecule has 8 heteroatoms. The maximum Gasteiger partial charge on any atom is 0.151 e. The fourth-order valence-electron chi connectivity index (χ4n) is 5.20. The van der Waals surface area contributed by atoms with E-state index in [0.29, 0.717) is 33.5 Å². The molecule has 0 amide bonds. The molecule has 0 aliphatic carbocycles. The van der Waals surface area contributed by atoms with Gasteiger partial charge in [0.05, 0.1) is 16.7 Å². The number of ether oxygens (including phenoxy) is 1. The Balaban J connectivity index is 1.46. The average Bonchev–Trinajstić information content (AvgIpc) is 3.26. The lowest BCUT2D eigenvalue weighted by molar-refractivity contribution is -0.119. The molecule has 1 unspecified atom stereocenters. The predicted octanol–water partition coefficient (Wildman–Crippen LogP) is 5.36. The summed E-state index contributed by atoms with van der Waals surface area (Å²) in [7, 11) is 0. The van der Waals surface area contributed by atoms with E-state index in [0.717, 1.165) is 63.0 Å². The van der Waals surface area contributed by atoms with Crippen molar-refractivity contribution in [2.24, 2.45) is 11.8 Å². The smallest absolute Gasteiger partial charge is 0.151 e. The molecule has 0 aromatic heterocycles. The van der Waals surface area contributed by atoms with Gasteiger partial charge in [0, 0.05) is 43.7 Å². The SMILES string of the molecule is O=CC(N1CCC(CO)CC1)N1C[C@@H](CCOc2ccc(Cl)cc2)[C@@H](c2ccc(Cl)c(Cl)c2)C1. The van der Waals surface area contributed by atoms with E-state index in [4.69, 9.17) is 39.5 Å². The maximum atomic E-state index is 12.2. The maximum absolute atomic E-state index is 12.2. The number of carbonyl (C=O) groups is 1. The number of hydrogen-bond donors (Lipinski definition) is 1. The second-order valence-corrected chi connectivity index (χ2v) is 10.5. The van der Waals surface area contributed by atoms with Crippen LogP contribution in [0, 0.1) is 11.8 Å². The molecule has 3 atom stereocenters. The number of aldehydes is 1. The monoisotopic (exact) mass is 524 g/mol. The number of aliphatic hydroxyl groups is 1. The van der Waals surface area contributed by atoms with Crippen molar-refractivity contribution in [3.05, 3.63) is 63.1 Å². The van der Waals surface area contributed by atoms with Crippen LogP contribution in [0.15, 0.2) is 42.5 Å². The number of carbonyl (C=O) groups excluding carboxylic acids is 1. The van der Waals surface area contributed by atoms with Crippen molar-refractivity contribution in [2.75, 3.05) is 39.4 Å². The van der Waals surface area contributed by atoms with Gasteiger partial charge in [-0.25, -0.2) is 0 Å². The Morgan fingerprint density at radius 2 is 1.74 bits per heavy atom. The first kappa shape index (κ1) is 25.7. The van der Waals surface area contributed by atoms with Crippen LogP contribution in [0.3, 0.4) is 0 Å². The highest BCUT2D eigenvalue weighted by Crippen LogP contribution is 2.38. The summed E-state index contributed by atoms with van der Waals surface area (Å²) < 4.78 is 5.98. The summed E-state index contributed by atoms with van der Waals surface area (Å²) in [4.78, 5) is 16.7. The Labute approximate surface area is 216 Å². The Morgan fingerprint density at radius 3 is 2.38 bits per heavy atom. The van der Waals surface area contributed by atoms with Crippen molar-refractivity contribution in [3.8, 4) is 5.75 Å². The van der Waals surface area contributed by atoms with Gasteiger partial charge in [0.25, 0.3) is 0 Å². The lowest BCUT2D eigenvalue weighted by Crippen LogP contribution is -2.51. The lowest BCUT2D eigenvalue weighted by atomic mass is 9.87. The van der Waals surface area contributed by atoms with E-state index < -0.39 is 0 Å². The minimum Gasteiger partial charge on any atom is -0.494 e. The highest BCUT2D eigenvalue weighted by atomic mass is 35.5. The molecule has 0 radical (unpaired) electrons. The highest BCUT2D eigenvalue weighted by Gasteiger charge is 2.39. The number of hydrogen-bond acceptors (Lipinski definition) is 5. The van der Waals surface area contributed by atoms with Crippen molar-refractivity contribution in [2.45, 2.75) is 31.3 Å². The third-order valence-electron chi connectivity index (χ3n) is 7.19. The van der Waals surface area contributed by atoms with Gasteiger partial charge in [0.15, 0.2) is 6.29 Å². The Morgan fingerprint density at radius 1 is 1.00 bits per heavy atom. The summed E-state index contributed by atoms with van der Waals surface area (Å²) in [5, 5.41) is 11.2. The highest BCUT2D eigenvalue weighted by molar-refractivity contribution is 6.42. The number of aliphatic hydroxyl groups excluding tert-OH is 1. The molecule has 2 fully saturated rings. The Kier molecular flexibility index (Phi) is 9.14. The van der Waals surface area contributed by atoms with Crippen LogP contribution in [-0.2, 0) is 4.79 Å². The minimum absolute atomic E-state index is 0.221. The molecule has 2 aromatic rings. The van der Waals surface area contributed by atoms with Gasteiger partial charge in [0.2, 0.25) is 0 Å². The van der Waals surface area contributed by atoms with Crippen molar-refractivity contribution >= 4 is 41.1 Å². The number of likely N-dealkylation sites (tertiary alicyclic amines) is 2. The summed E-state index contributed by atoms with van der Waals surface area (Å²) >= 11 is 18.5. The molecule has 2 aromatic carbocycles. The van der Waals surface area contributed by atoms with E-state index >= 15 is 0 Å². The van der Waals surface area contributed by atoms with E-state index in [1.807, 2.05) is 42.5 Å². The number of piperidine rings is 1. The topological polar surface area (TPSA) is 53.0 Å². The van der Waals surface area contributed by atoms with Gasteiger partial charge in [-0.15, -0.1) is 0 Å². The van der Waals surface area contributed by atoms with Crippen molar-refractivity contribution in [3.63, 3.8) is 0 Å². The molecular formula is C26H31Cl3N2O3. The fraction of sp³-hybridized carbons (Fsp3) is 0.500. The molecule has 0 spiro atoms. The Hall–Kier alpha value is -1.34. The first-order chi connectivity index (χ1) is 16.5. The van der Waals surface area contributed by atoms with Crippen LogP contribution in [0.25, 0.3) is 0 Å². The van der Waals surface area contributed by atoms with E-state index in [1.54, 1.807) is 0 Å². The van der Waals surface area contributed by atoms with Gasteiger partial charge in [0.1, 0.15) is 11.9 Å². The van der Waals surface area contributed by atoms with Gasteiger partial charge in [-0.3, -0.25) is 9.80 Å². The van der Waals surface area contributed by atoms with Crippen LogP contribution in [0.1, 0.15) is 30.7 Å². The first-order valence-corrected chi connectivity index (χ1v) is 13.0. The zero-order valence-corrected chi connectivity index (χ0v) is 21.4. The van der Waals surface area contributed by atoms with Crippen molar-refractivity contribution < 1.29 is 14.6 Å². The molecule has 0 bridgehead atoms. The van der Waals surface area contributed by atoms with Gasteiger partial charge >= 0.3 is 0 Å². The van der Waals surface area contributed by atoms with Gasteiger partial charge in [-0.1, -0.05) is 40.9 Å². The molecule has 2 heterocycles. The standard InChI is InChI=1S/C26H31Cl3N2O3/c27-21-2-4-22(5-3-21)34-12-9-20-14-31(15-23(20)19-1-6-24(28)25(29)13-19)26(17-33)30-10-7-18(16-32)8-11-30/h1-6,13,17-18,20,23,26,32H,7-12,14-16H2/t20-,23-,26?/m1/s1. The molecule has 34 heavy (non-hydrogen) atoms. The molecule has 4 rings (SSSR count). The third kappa shape index (κ3) is 6.26. The quantitative estimate of drug-likeness (QED) is 0.447. The predicted molar refractivity (Wildman–Crippen MR) is 137 cm³/mol. The zero-order chi connectivity index (χ0) is 24.1. The average molecular weight is 526 g/mol. The molecule has 2 aliphatic heterocycles. The second kappa shape index (κ2) is 12.1. The molecule has 0 saturated carbocycles. The molecule has 5 nitrogen and oxygen atoms in total. The van der Waals surface area contributed by atoms with E-state index in [2.05, 4.69) is 9.80 Å². The summed E-state index contributed by atoms with van der Waals surface area (Å²) in [6, 6.07) is 13.2. The number of nitrogens with zero attached hydrogens (tertiary/aromatic N) is 2. The first-order valence-electron chi connectivity index (χ1n) is 11.9. The van der Waals surface area contributed by atoms with E-state index in [9.17, 15) is 9.90 Å². The van der Waals surface area contributed by atoms with Gasteiger partial charge < -0.3 is 14.6 Å². The fourth-order valence-corrected chi connectivity index (χ4v) is 5.63. The molecule has 2 saturated heterocycles. The van der Waals surface area contributed by atoms with Crippen LogP contribution >= 0.6 is 34.8 Å². The molecule has 184 valence electrons. The largest absolute Gasteiger partial charge is 0.494 e. The Bertz CT molecular complexity index is 951. The van der Waals surface area contributed by atoms with Crippen molar-refractivity contribution in [1.29, 1.82) is 0 Å². The van der Waals surface area contributed by atoms with Crippen LogP contribution in [0.4, 0.5) is 0 Å². The van der Waals surface area contributed by atoms with Crippen LogP contribution < -0.4 is 4.74 Å². The van der Waals surface area contributed by atoms with Gasteiger partial charge in [-0.2, -0.15) is 0 Å². The summed E-state index contributed by atoms with van der Waals surface area (Å²) in [6.45, 7) is 4.02.